The third-order valence-corrected chi connectivity index (χ3v) is 9.98. The van der Waals surface area contributed by atoms with E-state index in [-0.39, 0.29) is 17.9 Å². The first kappa shape index (κ1) is 29.2. The molecule has 0 saturated heterocycles. The van der Waals surface area contributed by atoms with Crippen molar-refractivity contribution in [3.05, 3.63) is 180 Å². The molecule has 0 radical (unpaired) electrons. The first-order valence-electron chi connectivity index (χ1n) is 17.0. The van der Waals surface area contributed by atoms with E-state index >= 15 is 0 Å². The van der Waals surface area contributed by atoms with Crippen LogP contribution in [0.4, 0.5) is 11.4 Å². The molecule has 0 N–H and O–H groups in total. The van der Waals surface area contributed by atoms with Crippen LogP contribution in [-0.4, -0.2) is 26.0 Å². The maximum absolute atomic E-state index is 5.12. The molecule has 0 amide bonds. The number of aryl methyl sites for hydroxylation is 2. The number of benzene rings is 2. The van der Waals surface area contributed by atoms with Gasteiger partial charge in [0.05, 0.1) is 23.1 Å². The molecule has 3 atom stereocenters. The molecule has 236 valence electrons. The monoisotopic (exact) mass is 633 g/mol. The molecular formula is C44H35N5. The summed E-state index contributed by atoms with van der Waals surface area (Å²) in [5, 5.41) is 0. The van der Waals surface area contributed by atoms with Crippen molar-refractivity contribution in [2.24, 2.45) is 0 Å². The second-order valence-electron chi connectivity index (χ2n) is 13.3. The Morgan fingerprint density at radius 3 is 2.04 bits per heavy atom. The Kier molecular flexibility index (Phi) is 7.12. The van der Waals surface area contributed by atoms with Crippen molar-refractivity contribution in [3.63, 3.8) is 0 Å². The van der Waals surface area contributed by atoms with Crippen LogP contribution < -0.4 is 4.90 Å². The van der Waals surface area contributed by atoms with Crippen molar-refractivity contribution >= 4 is 11.4 Å². The van der Waals surface area contributed by atoms with Crippen LogP contribution in [0.2, 0.25) is 0 Å². The van der Waals surface area contributed by atoms with Crippen molar-refractivity contribution in [2.75, 3.05) is 4.90 Å². The first-order valence-corrected chi connectivity index (χ1v) is 17.0. The van der Waals surface area contributed by atoms with Gasteiger partial charge < -0.3 is 4.90 Å². The average Bonchev–Trinajstić information content (AvgIpc) is 3.49. The number of pyridine rings is 4. The van der Waals surface area contributed by atoms with Gasteiger partial charge in [0.15, 0.2) is 0 Å². The SMILES string of the molecule is Cc1cncc(-c2cccc(-c3ccc4c(c3)N(c3ccccc3)C3C5=C(C=CC43)CC(c3cccc(-c4cncc(C)c4)n3)C=C5)n2)c1. The minimum Gasteiger partial charge on any atom is -0.333 e. The standard InChI is InChI=1S/C44H35N5/c1-28-20-33(26-45-24-28)41-12-6-10-39(47-41)31-15-17-36-30(22-31)14-19-38-37-18-16-32(23-43(37)49(44(36)38)35-8-4-3-5-9-35)40-11-7-13-42(48-40)34-21-29(2)25-46-27-34/h3-21,23-27,31,38,44H,22H2,1-2H3. The lowest BCUT2D eigenvalue weighted by atomic mass is 9.76. The van der Waals surface area contributed by atoms with Crippen molar-refractivity contribution in [3.8, 4) is 33.8 Å². The molecule has 0 saturated carbocycles. The van der Waals surface area contributed by atoms with Gasteiger partial charge in [-0.25, -0.2) is 4.98 Å². The highest BCUT2D eigenvalue weighted by Crippen LogP contribution is 2.53. The minimum absolute atomic E-state index is 0.167. The van der Waals surface area contributed by atoms with Gasteiger partial charge in [0.1, 0.15) is 0 Å². The molecule has 3 unspecified atom stereocenters. The number of hydrogen-bond acceptors (Lipinski definition) is 5. The summed E-state index contributed by atoms with van der Waals surface area (Å²) in [6.45, 7) is 4.13. The van der Waals surface area contributed by atoms with Gasteiger partial charge in [0.25, 0.3) is 0 Å². The lowest BCUT2D eigenvalue weighted by Gasteiger charge is -2.36. The molecule has 0 bridgehead atoms. The lowest BCUT2D eigenvalue weighted by molar-refractivity contribution is 0.679. The number of nitrogens with zero attached hydrogens (tertiary/aromatic N) is 5. The maximum Gasteiger partial charge on any atom is 0.0725 e. The molecule has 5 nitrogen and oxygen atoms in total. The molecular weight excluding hydrogens is 599 g/mol. The Morgan fingerprint density at radius 2 is 1.31 bits per heavy atom. The second kappa shape index (κ2) is 11.9. The predicted octanol–water partition coefficient (Wildman–Crippen LogP) is 10.1. The summed E-state index contributed by atoms with van der Waals surface area (Å²) in [5.41, 5.74) is 15.9. The molecule has 5 heterocycles. The third kappa shape index (κ3) is 5.28. The zero-order valence-corrected chi connectivity index (χ0v) is 27.5. The van der Waals surface area contributed by atoms with Gasteiger partial charge in [-0.15, -0.1) is 0 Å². The topological polar surface area (TPSA) is 54.8 Å². The highest BCUT2D eigenvalue weighted by Gasteiger charge is 2.43. The molecule has 0 spiro atoms. The van der Waals surface area contributed by atoms with Crippen LogP contribution in [0.1, 0.15) is 40.6 Å². The molecule has 5 heteroatoms. The molecule has 9 rings (SSSR count). The first-order chi connectivity index (χ1) is 24.1. The molecule has 49 heavy (non-hydrogen) atoms. The number of aromatic nitrogens is 4. The smallest absolute Gasteiger partial charge is 0.0725 e. The summed E-state index contributed by atoms with van der Waals surface area (Å²) >= 11 is 0. The van der Waals surface area contributed by atoms with E-state index in [4.69, 9.17) is 9.97 Å². The Balaban J connectivity index is 1.07. The summed E-state index contributed by atoms with van der Waals surface area (Å²) < 4.78 is 0. The fourth-order valence-electron chi connectivity index (χ4n) is 7.69. The number of allylic oxidation sites excluding steroid dienone is 3. The maximum atomic E-state index is 5.12. The fourth-order valence-corrected chi connectivity index (χ4v) is 7.69. The van der Waals surface area contributed by atoms with Gasteiger partial charge in [0.2, 0.25) is 0 Å². The van der Waals surface area contributed by atoms with Crippen LogP contribution >= 0.6 is 0 Å². The zero-order valence-electron chi connectivity index (χ0n) is 27.5. The van der Waals surface area contributed by atoms with Gasteiger partial charge in [-0.2, -0.15) is 0 Å². The fraction of sp³-hybridized carbons (Fsp3) is 0.136. The van der Waals surface area contributed by atoms with Gasteiger partial charge in [-0.1, -0.05) is 66.8 Å². The van der Waals surface area contributed by atoms with Crippen molar-refractivity contribution < 1.29 is 0 Å². The van der Waals surface area contributed by atoms with E-state index in [0.717, 1.165) is 57.0 Å². The highest BCUT2D eigenvalue weighted by molar-refractivity contribution is 5.81. The average molecular weight is 634 g/mol. The second-order valence-corrected chi connectivity index (χ2v) is 13.3. The van der Waals surface area contributed by atoms with Crippen LogP contribution in [0.25, 0.3) is 33.8 Å². The molecule has 3 aliphatic rings. The van der Waals surface area contributed by atoms with E-state index in [1.54, 1.807) is 0 Å². The summed E-state index contributed by atoms with van der Waals surface area (Å²) in [4.78, 5) is 21.6. The Hall–Kier alpha value is -5.94. The zero-order chi connectivity index (χ0) is 32.9. The van der Waals surface area contributed by atoms with Crippen LogP contribution in [-0.2, 0) is 0 Å². The Morgan fingerprint density at radius 1 is 0.612 bits per heavy atom. The van der Waals surface area contributed by atoms with Crippen LogP contribution in [0.3, 0.4) is 0 Å². The van der Waals surface area contributed by atoms with Gasteiger partial charge in [-0.3, -0.25) is 15.0 Å². The predicted molar refractivity (Wildman–Crippen MR) is 198 cm³/mol. The molecule has 6 aromatic rings. The molecule has 1 aliphatic heterocycles. The normalized spacial score (nSPS) is 19.1. The third-order valence-electron chi connectivity index (χ3n) is 9.98. The van der Waals surface area contributed by atoms with E-state index in [1.165, 1.54) is 28.1 Å². The van der Waals surface area contributed by atoms with E-state index in [9.17, 15) is 0 Å². The number of rotatable bonds is 5. The van der Waals surface area contributed by atoms with Crippen molar-refractivity contribution in [2.45, 2.75) is 38.1 Å². The van der Waals surface area contributed by atoms with E-state index in [0.29, 0.717) is 0 Å². The Labute approximate surface area is 287 Å². The number of hydrogen-bond donors (Lipinski definition) is 0. The molecule has 0 fully saturated rings. The number of para-hydroxylation sites is 1. The number of fused-ring (bicyclic) bond motifs is 4. The van der Waals surface area contributed by atoms with E-state index < -0.39 is 0 Å². The van der Waals surface area contributed by atoms with Crippen molar-refractivity contribution in [1.29, 1.82) is 0 Å². The summed E-state index contributed by atoms with van der Waals surface area (Å²) in [5.74, 6) is 0.456. The van der Waals surface area contributed by atoms with Gasteiger partial charge in [-0.05, 0) is 103 Å². The summed E-state index contributed by atoms with van der Waals surface area (Å²) in [6, 6.07) is 34.8. The van der Waals surface area contributed by atoms with E-state index in [1.807, 2.05) is 24.8 Å². The molecule has 2 aromatic carbocycles. The van der Waals surface area contributed by atoms with Crippen LogP contribution in [0, 0.1) is 13.8 Å². The highest BCUT2D eigenvalue weighted by atomic mass is 15.2. The minimum atomic E-state index is 0.167. The van der Waals surface area contributed by atoms with Gasteiger partial charge >= 0.3 is 0 Å². The largest absolute Gasteiger partial charge is 0.333 e. The summed E-state index contributed by atoms with van der Waals surface area (Å²) in [6.07, 6.45) is 18.0. The number of anilines is 2. The van der Waals surface area contributed by atoms with Crippen molar-refractivity contribution in [1.82, 2.24) is 19.9 Å². The van der Waals surface area contributed by atoms with Gasteiger partial charge in [0, 0.05) is 70.4 Å². The van der Waals surface area contributed by atoms with Crippen LogP contribution in [0.5, 0.6) is 0 Å². The van der Waals surface area contributed by atoms with Crippen LogP contribution in [0.15, 0.2) is 157 Å². The Bertz CT molecular complexity index is 2320. The molecule has 2 aliphatic carbocycles. The quantitative estimate of drug-likeness (QED) is 0.189. The lowest BCUT2D eigenvalue weighted by Crippen LogP contribution is -2.34. The van der Waals surface area contributed by atoms with E-state index in [2.05, 4.69) is 150 Å². The molecule has 4 aromatic heterocycles. The summed E-state index contributed by atoms with van der Waals surface area (Å²) in [7, 11) is 0.